The van der Waals surface area contributed by atoms with Crippen LogP contribution in [0.25, 0.3) is 55.2 Å². The van der Waals surface area contributed by atoms with Crippen molar-refractivity contribution in [2.45, 2.75) is 19.6 Å². The zero-order valence-electron chi connectivity index (χ0n) is 46.7. The van der Waals surface area contributed by atoms with E-state index in [1.54, 1.807) is 128 Å². The molecule has 13 rings (SSSR count). The van der Waals surface area contributed by atoms with Crippen molar-refractivity contribution < 1.29 is 38.1 Å². The summed E-state index contributed by atoms with van der Waals surface area (Å²) in [6.07, 6.45) is 1.66. The van der Waals surface area contributed by atoms with Crippen LogP contribution in [-0.2, 0) is 19.6 Å². The second kappa shape index (κ2) is 24.4. The van der Waals surface area contributed by atoms with Crippen molar-refractivity contribution in [3.63, 3.8) is 0 Å². The maximum absolute atomic E-state index is 13.7. The van der Waals surface area contributed by atoms with Gasteiger partial charge in [0.15, 0.2) is 11.5 Å². The highest BCUT2D eigenvalue weighted by Crippen LogP contribution is 2.40. The number of benzene rings is 9. The van der Waals surface area contributed by atoms with Crippen LogP contribution in [0.3, 0.4) is 0 Å². The predicted octanol–water partition coefficient (Wildman–Crippen LogP) is 14.3. The molecule has 0 saturated heterocycles. The summed E-state index contributed by atoms with van der Waals surface area (Å²) in [6, 6.07) is 69.4. The number of para-hydroxylation sites is 1. The van der Waals surface area contributed by atoms with Gasteiger partial charge in [0.1, 0.15) is 34.5 Å². The summed E-state index contributed by atoms with van der Waals surface area (Å²) >= 11 is 0. The van der Waals surface area contributed by atoms with Crippen molar-refractivity contribution in [1.29, 1.82) is 10.5 Å². The third-order valence-corrected chi connectivity index (χ3v) is 14.6. The number of pyridine rings is 3. The van der Waals surface area contributed by atoms with Crippen molar-refractivity contribution >= 4 is 50.4 Å². The molecule has 12 aromatic rings. The average molecular weight is 1150 g/mol. The first-order chi connectivity index (χ1) is 43.1. The van der Waals surface area contributed by atoms with E-state index in [-0.39, 0.29) is 44.1 Å². The van der Waals surface area contributed by atoms with Gasteiger partial charge >= 0.3 is 0 Å². The number of ether oxygens (including phenoxy) is 5. The number of nitrogens with zero attached hydrogens (tertiary/aromatic N) is 5. The number of rotatable bonds is 17. The van der Waals surface area contributed by atoms with Crippen molar-refractivity contribution in [1.82, 2.24) is 30.9 Å². The van der Waals surface area contributed by atoms with Crippen molar-refractivity contribution in [3.8, 4) is 80.6 Å². The number of nitrogens with one attached hydrogen (secondary N) is 3. The van der Waals surface area contributed by atoms with Crippen molar-refractivity contribution in [2.75, 3.05) is 6.79 Å². The van der Waals surface area contributed by atoms with Gasteiger partial charge in [0.2, 0.25) is 6.79 Å². The van der Waals surface area contributed by atoms with Gasteiger partial charge in [0.25, 0.3) is 17.7 Å². The topological polar surface area (TPSA) is 220 Å². The zero-order valence-corrected chi connectivity index (χ0v) is 46.7. The number of nitriles is 2. The Balaban J connectivity index is 0.818. The molecule has 0 atom stereocenters. The number of carbonyl (C=O) groups is 3. The molecule has 0 radical (unpaired) electrons. The van der Waals surface area contributed by atoms with Gasteiger partial charge in [0.05, 0.1) is 51.2 Å². The molecule has 3 N–H and O–H groups in total. The Kier molecular flexibility index (Phi) is 15.2. The van der Waals surface area contributed by atoms with Gasteiger partial charge in [-0.25, -0.2) is 9.97 Å². The van der Waals surface area contributed by atoms with E-state index in [0.29, 0.717) is 113 Å². The van der Waals surface area contributed by atoms with Gasteiger partial charge in [-0.05, 0) is 150 Å². The second-order valence-corrected chi connectivity index (χ2v) is 20.5. The fourth-order valence-corrected chi connectivity index (χ4v) is 10.2. The molecule has 0 spiro atoms. The van der Waals surface area contributed by atoms with E-state index in [1.807, 2.05) is 97.1 Å². The van der Waals surface area contributed by atoms with Crippen LogP contribution in [0.1, 0.15) is 58.9 Å². The lowest BCUT2D eigenvalue weighted by Gasteiger charge is -2.15. The second-order valence-electron chi connectivity index (χ2n) is 20.5. The molecule has 4 heterocycles. The minimum atomic E-state index is -0.333. The molecule has 3 aromatic heterocycles. The number of carbonyl (C=O) groups excluding carboxylic acids is 3. The van der Waals surface area contributed by atoms with E-state index >= 15 is 0 Å². The average Bonchev–Trinajstić information content (AvgIpc) is 1.90. The molecule has 16 nitrogen and oxygen atoms in total. The lowest BCUT2D eigenvalue weighted by molar-refractivity contribution is 0.0942. The first kappa shape index (κ1) is 54.8. The Morgan fingerprint density at radius 2 is 0.932 bits per heavy atom. The van der Waals surface area contributed by atoms with Crippen molar-refractivity contribution in [2.24, 2.45) is 0 Å². The first-order valence-corrected chi connectivity index (χ1v) is 27.9. The van der Waals surface area contributed by atoms with Crippen LogP contribution in [0, 0.1) is 22.7 Å². The highest BCUT2D eigenvalue weighted by Gasteiger charge is 2.19. The Labute approximate surface area is 503 Å². The van der Waals surface area contributed by atoms with Crippen LogP contribution in [0.15, 0.2) is 225 Å². The molecule has 0 aliphatic carbocycles. The molecule has 1 aliphatic rings. The van der Waals surface area contributed by atoms with E-state index < -0.39 is 0 Å². The van der Waals surface area contributed by atoms with E-state index in [2.05, 4.69) is 33.1 Å². The van der Waals surface area contributed by atoms with E-state index in [0.717, 1.165) is 33.2 Å². The lowest BCUT2D eigenvalue weighted by Crippen LogP contribution is -2.22. The fourth-order valence-electron chi connectivity index (χ4n) is 10.2. The molecule has 88 heavy (non-hydrogen) atoms. The normalized spacial score (nSPS) is 11.3. The summed E-state index contributed by atoms with van der Waals surface area (Å²) in [5, 5.41) is 29.6. The molecule has 9 aromatic carbocycles. The fraction of sp³-hybridized carbons (Fsp3) is 0.0556. The number of fused-ring (bicyclic) bond motifs is 4. The van der Waals surface area contributed by atoms with Gasteiger partial charge in [0, 0.05) is 81.9 Å². The van der Waals surface area contributed by atoms with Crippen LogP contribution in [-0.4, -0.2) is 39.5 Å². The minimum Gasteiger partial charge on any atom is -0.457 e. The van der Waals surface area contributed by atoms with E-state index in [4.69, 9.17) is 33.7 Å². The van der Waals surface area contributed by atoms with Crippen molar-refractivity contribution in [3.05, 3.63) is 269 Å². The monoisotopic (exact) mass is 1150 g/mol. The van der Waals surface area contributed by atoms with Gasteiger partial charge in [-0.1, -0.05) is 72.8 Å². The van der Waals surface area contributed by atoms with Gasteiger partial charge in [-0.2, -0.15) is 10.5 Å². The van der Waals surface area contributed by atoms with Crippen LogP contribution in [0.4, 0.5) is 0 Å². The SMILES string of the molecule is N#Cc1ccc(CNC(=O)c2cccc(Oc3ccnc4ccc(-c5cc(Oc6cccc(C(=O)NCc7cccc(C#N)c7)c6)c6cc(-c7cc(Oc8cccc(C(=O)NCc9ccc%10c(c9)OCO%10)c8)c8ccccc8n7)ccc6n5)cc34)c2)cc1. The Morgan fingerprint density at radius 3 is 1.56 bits per heavy atom. The van der Waals surface area contributed by atoms with Gasteiger partial charge in [-0.15, -0.1) is 0 Å². The van der Waals surface area contributed by atoms with Crippen LogP contribution in [0.5, 0.6) is 46.0 Å². The molecule has 0 unspecified atom stereocenters. The van der Waals surface area contributed by atoms with Gasteiger partial charge < -0.3 is 39.6 Å². The molecular formula is C72H48N8O8. The molecule has 16 heteroatoms. The number of amides is 3. The standard InChI is InChI=1S/C72H48N8O8/c73-38-44-17-19-45(20-18-44)40-76-70(81)51-9-4-12-54(31-51)86-65-27-28-75-60-24-22-49(34-58(60)65)64-37-68(88-56-14-6-11-53(33-56)71(82)77-41-47-8-3-7-46(29-47)39-74)59-35-50(23-25-62(59)80-64)63-36-67(57-15-1-2-16-61(57)79-63)87-55-13-5-10-52(32-55)72(83)78-42-48-21-26-66-69(30-48)85-43-84-66/h1-37H,40-43H2,(H,76,81)(H,77,82)(H,78,83). The number of hydrogen-bond donors (Lipinski definition) is 3. The summed E-state index contributed by atoms with van der Waals surface area (Å²) in [4.78, 5) is 55.5. The van der Waals surface area contributed by atoms with Crippen LogP contribution < -0.4 is 39.6 Å². The summed E-state index contributed by atoms with van der Waals surface area (Å²) in [7, 11) is 0. The molecule has 0 fully saturated rings. The molecule has 424 valence electrons. The summed E-state index contributed by atoms with van der Waals surface area (Å²) < 4.78 is 30.9. The highest BCUT2D eigenvalue weighted by molar-refractivity contribution is 5.98. The van der Waals surface area contributed by atoms with E-state index in [1.165, 1.54) is 0 Å². The Hall–Kier alpha value is -12.4. The third kappa shape index (κ3) is 12.2. The molecular weight excluding hydrogens is 1100 g/mol. The predicted molar refractivity (Wildman–Crippen MR) is 331 cm³/mol. The van der Waals surface area contributed by atoms with Crippen LogP contribution in [0.2, 0.25) is 0 Å². The third-order valence-electron chi connectivity index (χ3n) is 14.6. The summed E-state index contributed by atoms with van der Waals surface area (Å²) in [5.41, 5.74) is 9.22. The van der Waals surface area contributed by atoms with Gasteiger partial charge in [-0.3, -0.25) is 19.4 Å². The molecule has 0 saturated carbocycles. The molecule has 0 bridgehead atoms. The largest absolute Gasteiger partial charge is 0.457 e. The lowest BCUT2D eigenvalue weighted by atomic mass is 10.0. The Bertz CT molecular complexity index is 4830. The number of hydrogen-bond acceptors (Lipinski definition) is 13. The molecule has 3 amide bonds. The first-order valence-electron chi connectivity index (χ1n) is 27.9. The maximum atomic E-state index is 13.7. The van der Waals surface area contributed by atoms with E-state index in [9.17, 15) is 24.9 Å². The minimum absolute atomic E-state index is 0.161. The maximum Gasteiger partial charge on any atom is 0.251 e. The Morgan fingerprint density at radius 1 is 0.420 bits per heavy atom. The highest BCUT2D eigenvalue weighted by atomic mass is 16.7. The quantitative estimate of drug-likeness (QED) is 0.0773. The zero-order chi connectivity index (χ0) is 59.9. The summed E-state index contributed by atoms with van der Waals surface area (Å²) in [6.45, 7) is 0.931. The smallest absolute Gasteiger partial charge is 0.251 e. The number of aromatic nitrogens is 3. The van der Waals surface area contributed by atoms with Crippen LogP contribution >= 0.6 is 0 Å². The summed E-state index contributed by atoms with van der Waals surface area (Å²) in [5.74, 6) is 3.11. The molecule has 1 aliphatic heterocycles.